The van der Waals surface area contributed by atoms with Gasteiger partial charge >= 0.3 is 0 Å². The number of hydrogen-bond donors (Lipinski definition) is 1. The number of hydrogen-bond acceptors (Lipinski definition) is 2. The van der Waals surface area contributed by atoms with Crippen molar-refractivity contribution in [3.8, 4) is 11.3 Å². The predicted molar refractivity (Wildman–Crippen MR) is 79.0 cm³/mol. The Kier molecular flexibility index (Phi) is 2.95. The lowest BCUT2D eigenvalue weighted by atomic mass is 10.1. The van der Waals surface area contributed by atoms with E-state index in [0.29, 0.717) is 0 Å². The topological polar surface area (TPSA) is 43.3 Å². The van der Waals surface area contributed by atoms with Gasteiger partial charge in [-0.05, 0) is 24.1 Å². The molecule has 3 heteroatoms. The maximum absolute atomic E-state index is 5.78. The minimum Gasteiger partial charge on any atom is -0.398 e. The minimum absolute atomic E-state index is 0.745. The number of nitrogens with zero attached hydrogens (tertiary/aromatic N) is 2. The largest absolute Gasteiger partial charge is 0.398 e. The number of anilines is 1. The molecule has 0 aliphatic heterocycles. The van der Waals surface area contributed by atoms with E-state index in [2.05, 4.69) is 36.2 Å². The fourth-order valence-electron chi connectivity index (χ4n) is 2.28. The van der Waals surface area contributed by atoms with Gasteiger partial charge in [-0.2, -0.15) is 0 Å². The van der Waals surface area contributed by atoms with E-state index in [1.807, 2.05) is 28.9 Å². The van der Waals surface area contributed by atoms with Crippen LogP contribution >= 0.6 is 0 Å². The van der Waals surface area contributed by atoms with Gasteiger partial charge in [0.2, 0.25) is 0 Å². The fraction of sp³-hybridized carbons (Fsp3) is 0.188. The highest BCUT2D eigenvalue weighted by Gasteiger charge is 2.04. The van der Waals surface area contributed by atoms with Gasteiger partial charge in [-0.15, -0.1) is 0 Å². The molecule has 0 amide bonds. The second kappa shape index (κ2) is 4.76. The van der Waals surface area contributed by atoms with E-state index in [-0.39, 0.29) is 0 Å². The highest BCUT2D eigenvalue weighted by Crippen LogP contribution is 2.20. The Morgan fingerprint density at radius 2 is 1.84 bits per heavy atom. The van der Waals surface area contributed by atoms with Gasteiger partial charge in [-0.3, -0.25) is 0 Å². The molecule has 3 nitrogen and oxygen atoms in total. The third-order valence-corrected chi connectivity index (χ3v) is 3.26. The maximum atomic E-state index is 5.78. The zero-order chi connectivity index (χ0) is 13.2. The first-order chi connectivity index (χ1) is 9.26. The van der Waals surface area contributed by atoms with E-state index in [9.17, 15) is 0 Å². The summed E-state index contributed by atoms with van der Waals surface area (Å²) in [4.78, 5) is 4.61. The van der Waals surface area contributed by atoms with Crippen molar-refractivity contribution in [1.29, 1.82) is 0 Å². The maximum Gasteiger partial charge on any atom is 0.137 e. The molecule has 2 aromatic heterocycles. The molecule has 0 aliphatic carbocycles. The van der Waals surface area contributed by atoms with E-state index in [4.69, 9.17) is 5.73 Å². The molecule has 2 heterocycles. The van der Waals surface area contributed by atoms with Gasteiger partial charge in [0.25, 0.3) is 0 Å². The van der Waals surface area contributed by atoms with E-state index in [1.54, 1.807) is 0 Å². The standard InChI is InChI=1S/C16H17N3/c1-2-3-12-4-6-13(7-5-12)15-11-19-10-14(17)8-9-16(19)18-15/h4-11H,2-3,17H2,1H3. The lowest BCUT2D eigenvalue weighted by molar-refractivity contribution is 0.922. The summed E-state index contributed by atoms with van der Waals surface area (Å²) in [6.07, 6.45) is 6.20. The Hall–Kier alpha value is -2.29. The van der Waals surface area contributed by atoms with Crippen LogP contribution in [0.3, 0.4) is 0 Å². The summed E-state index contributed by atoms with van der Waals surface area (Å²) >= 11 is 0. The molecule has 0 saturated heterocycles. The van der Waals surface area contributed by atoms with Gasteiger partial charge in [0.05, 0.1) is 5.69 Å². The normalized spacial score (nSPS) is 11.0. The molecule has 3 rings (SSSR count). The number of fused-ring (bicyclic) bond motifs is 1. The Morgan fingerprint density at radius 1 is 1.05 bits per heavy atom. The van der Waals surface area contributed by atoms with E-state index < -0.39 is 0 Å². The lowest BCUT2D eigenvalue weighted by Crippen LogP contribution is -1.88. The quantitative estimate of drug-likeness (QED) is 0.773. The summed E-state index contributed by atoms with van der Waals surface area (Å²) in [5.41, 5.74) is 10.9. The number of pyridine rings is 1. The first kappa shape index (κ1) is 11.8. The molecule has 2 N–H and O–H groups in total. The van der Waals surface area contributed by atoms with Crippen molar-refractivity contribution in [2.75, 3.05) is 5.73 Å². The molecule has 19 heavy (non-hydrogen) atoms. The molecule has 0 saturated carbocycles. The van der Waals surface area contributed by atoms with Crippen molar-refractivity contribution < 1.29 is 0 Å². The van der Waals surface area contributed by atoms with Crippen LogP contribution in [0, 0.1) is 0 Å². The van der Waals surface area contributed by atoms with Gasteiger partial charge in [-0.1, -0.05) is 37.6 Å². The zero-order valence-electron chi connectivity index (χ0n) is 11.0. The van der Waals surface area contributed by atoms with Gasteiger partial charge in [-0.25, -0.2) is 4.98 Å². The van der Waals surface area contributed by atoms with Crippen LogP contribution in [-0.2, 0) is 6.42 Å². The van der Waals surface area contributed by atoms with Crippen LogP contribution in [0.5, 0.6) is 0 Å². The van der Waals surface area contributed by atoms with Crippen LogP contribution in [0.1, 0.15) is 18.9 Å². The summed E-state index contributed by atoms with van der Waals surface area (Å²) in [6.45, 7) is 2.19. The smallest absolute Gasteiger partial charge is 0.137 e. The monoisotopic (exact) mass is 251 g/mol. The van der Waals surface area contributed by atoms with Crippen molar-refractivity contribution >= 4 is 11.3 Å². The Labute approximate surface area is 112 Å². The highest BCUT2D eigenvalue weighted by atomic mass is 15.0. The van der Waals surface area contributed by atoms with Crippen molar-refractivity contribution in [3.05, 3.63) is 54.4 Å². The minimum atomic E-state index is 0.745. The van der Waals surface area contributed by atoms with Crippen molar-refractivity contribution in [3.63, 3.8) is 0 Å². The van der Waals surface area contributed by atoms with Crippen molar-refractivity contribution in [2.24, 2.45) is 0 Å². The summed E-state index contributed by atoms with van der Waals surface area (Å²) in [5.74, 6) is 0. The van der Waals surface area contributed by atoms with Crippen LogP contribution in [-0.4, -0.2) is 9.38 Å². The second-order valence-electron chi connectivity index (χ2n) is 4.80. The summed E-state index contributed by atoms with van der Waals surface area (Å²) in [6, 6.07) is 12.4. The molecule has 0 radical (unpaired) electrons. The van der Waals surface area contributed by atoms with Crippen LogP contribution in [0.4, 0.5) is 5.69 Å². The Morgan fingerprint density at radius 3 is 2.58 bits per heavy atom. The van der Waals surface area contributed by atoms with Crippen LogP contribution in [0.15, 0.2) is 48.8 Å². The molecule has 0 unspecified atom stereocenters. The number of nitrogens with two attached hydrogens (primary N) is 1. The Bertz CT molecular complexity index is 696. The van der Waals surface area contributed by atoms with Gasteiger partial charge in [0, 0.05) is 23.6 Å². The molecule has 0 spiro atoms. The molecule has 0 aliphatic rings. The fourth-order valence-corrected chi connectivity index (χ4v) is 2.28. The van der Waals surface area contributed by atoms with Gasteiger partial charge < -0.3 is 10.1 Å². The molecular formula is C16H17N3. The molecule has 96 valence electrons. The third kappa shape index (κ3) is 2.32. The number of aryl methyl sites for hydroxylation is 1. The van der Waals surface area contributed by atoms with Crippen molar-refractivity contribution in [1.82, 2.24) is 9.38 Å². The molecule has 0 atom stereocenters. The number of benzene rings is 1. The molecule has 3 aromatic rings. The van der Waals surface area contributed by atoms with Crippen LogP contribution < -0.4 is 5.73 Å². The molecular weight excluding hydrogens is 234 g/mol. The van der Waals surface area contributed by atoms with E-state index in [1.165, 1.54) is 12.0 Å². The third-order valence-electron chi connectivity index (χ3n) is 3.26. The summed E-state index contributed by atoms with van der Waals surface area (Å²) in [7, 11) is 0. The highest BCUT2D eigenvalue weighted by molar-refractivity contribution is 5.63. The number of rotatable bonds is 3. The Balaban J connectivity index is 1.99. The number of imidazole rings is 1. The van der Waals surface area contributed by atoms with Crippen LogP contribution in [0.25, 0.3) is 16.9 Å². The van der Waals surface area contributed by atoms with Crippen LogP contribution in [0.2, 0.25) is 0 Å². The summed E-state index contributed by atoms with van der Waals surface area (Å²) in [5, 5.41) is 0. The van der Waals surface area contributed by atoms with Crippen molar-refractivity contribution in [2.45, 2.75) is 19.8 Å². The lowest BCUT2D eigenvalue weighted by Gasteiger charge is -2.00. The number of aromatic nitrogens is 2. The second-order valence-corrected chi connectivity index (χ2v) is 4.80. The number of nitrogen functional groups attached to an aromatic ring is 1. The molecule has 0 fully saturated rings. The van der Waals surface area contributed by atoms with Gasteiger partial charge in [0.1, 0.15) is 5.65 Å². The SMILES string of the molecule is CCCc1ccc(-c2cn3cc(N)ccc3n2)cc1. The first-order valence-corrected chi connectivity index (χ1v) is 6.60. The van der Waals surface area contributed by atoms with E-state index in [0.717, 1.165) is 29.0 Å². The molecule has 1 aromatic carbocycles. The average Bonchev–Trinajstić information content (AvgIpc) is 2.83. The average molecular weight is 251 g/mol. The predicted octanol–water partition coefficient (Wildman–Crippen LogP) is 3.54. The summed E-state index contributed by atoms with van der Waals surface area (Å²) < 4.78 is 1.96. The first-order valence-electron chi connectivity index (χ1n) is 6.60. The van der Waals surface area contributed by atoms with Gasteiger partial charge in [0.15, 0.2) is 0 Å². The zero-order valence-corrected chi connectivity index (χ0v) is 11.0. The van der Waals surface area contributed by atoms with E-state index >= 15 is 0 Å². The molecule has 0 bridgehead atoms.